The lowest BCUT2D eigenvalue weighted by Gasteiger charge is -2.20. The third-order valence-electron chi connectivity index (χ3n) is 4.95. The summed E-state index contributed by atoms with van der Waals surface area (Å²) in [5.74, 6) is 0.572. The molecule has 1 aromatic heterocycles. The van der Waals surface area contributed by atoms with Gasteiger partial charge in [-0.25, -0.2) is 9.67 Å². The summed E-state index contributed by atoms with van der Waals surface area (Å²) in [5.41, 5.74) is 3.30. The van der Waals surface area contributed by atoms with Gasteiger partial charge >= 0.3 is 0 Å². The Kier molecular flexibility index (Phi) is 6.79. The number of halogens is 1. The Morgan fingerprint density at radius 1 is 1.06 bits per heavy atom. The summed E-state index contributed by atoms with van der Waals surface area (Å²) in [6, 6.07) is 22.8. The van der Waals surface area contributed by atoms with Gasteiger partial charge < -0.3 is 10.1 Å². The van der Waals surface area contributed by atoms with Crippen molar-refractivity contribution in [2.75, 3.05) is 19.0 Å². The molecule has 0 fully saturated rings. The van der Waals surface area contributed by atoms with Crippen LogP contribution < -0.4 is 15.4 Å². The van der Waals surface area contributed by atoms with Crippen molar-refractivity contribution in [1.82, 2.24) is 20.1 Å². The lowest BCUT2D eigenvalue weighted by atomic mass is 9.98. The lowest BCUT2D eigenvalue weighted by Crippen LogP contribution is -2.32. The second kappa shape index (κ2) is 10.1. The maximum absolute atomic E-state index is 12.8. The summed E-state index contributed by atoms with van der Waals surface area (Å²) in [4.78, 5) is 16.8. The van der Waals surface area contributed by atoms with Gasteiger partial charge in [0.05, 0.1) is 31.1 Å². The summed E-state index contributed by atoms with van der Waals surface area (Å²) in [6.07, 6.45) is 2.99. The number of nitrogens with zero attached hydrogens (tertiary/aromatic N) is 3. The number of carbonyl (C=O) groups is 1. The van der Waals surface area contributed by atoms with E-state index in [0.29, 0.717) is 16.4 Å². The SMILES string of the molecule is COc1ccc([C@H](NCC(=O)Nc2cc(Cl)ccc2-n2cncn2)c2ccccc2)cc1. The van der Waals surface area contributed by atoms with Gasteiger partial charge in [0, 0.05) is 5.02 Å². The number of methoxy groups -OCH3 is 1. The topological polar surface area (TPSA) is 81.1 Å². The largest absolute Gasteiger partial charge is 0.497 e. The first-order valence-corrected chi connectivity index (χ1v) is 10.4. The summed E-state index contributed by atoms with van der Waals surface area (Å²) in [6.45, 7) is 0.0922. The maximum Gasteiger partial charge on any atom is 0.238 e. The number of aromatic nitrogens is 3. The van der Waals surface area contributed by atoms with Gasteiger partial charge in [-0.05, 0) is 41.5 Å². The van der Waals surface area contributed by atoms with Crippen molar-refractivity contribution in [3.8, 4) is 11.4 Å². The number of amides is 1. The highest BCUT2D eigenvalue weighted by Crippen LogP contribution is 2.25. The molecule has 0 aliphatic carbocycles. The van der Waals surface area contributed by atoms with Gasteiger partial charge in [0.15, 0.2) is 0 Å². The van der Waals surface area contributed by atoms with E-state index in [-0.39, 0.29) is 18.5 Å². The molecule has 2 N–H and O–H groups in total. The minimum Gasteiger partial charge on any atom is -0.497 e. The fourth-order valence-corrected chi connectivity index (χ4v) is 3.57. The molecule has 0 aliphatic heterocycles. The molecule has 0 spiro atoms. The molecule has 32 heavy (non-hydrogen) atoms. The molecule has 3 aromatic carbocycles. The van der Waals surface area contributed by atoms with E-state index in [1.54, 1.807) is 36.3 Å². The number of hydrogen-bond donors (Lipinski definition) is 2. The van der Waals surface area contributed by atoms with Gasteiger partial charge in [-0.2, -0.15) is 5.10 Å². The quantitative estimate of drug-likeness (QED) is 0.422. The minimum absolute atomic E-state index is 0.0922. The van der Waals surface area contributed by atoms with Crippen molar-refractivity contribution in [1.29, 1.82) is 0 Å². The van der Waals surface area contributed by atoms with E-state index in [4.69, 9.17) is 16.3 Å². The Morgan fingerprint density at radius 3 is 2.50 bits per heavy atom. The monoisotopic (exact) mass is 447 g/mol. The molecule has 1 heterocycles. The number of ether oxygens (including phenoxy) is 1. The van der Waals surface area contributed by atoms with Crippen LogP contribution in [0.25, 0.3) is 5.69 Å². The summed E-state index contributed by atoms with van der Waals surface area (Å²) >= 11 is 6.15. The van der Waals surface area contributed by atoms with Gasteiger partial charge in [-0.15, -0.1) is 0 Å². The number of carbonyl (C=O) groups excluding carboxylic acids is 1. The van der Waals surface area contributed by atoms with E-state index >= 15 is 0 Å². The molecule has 162 valence electrons. The molecule has 4 aromatic rings. The Balaban J connectivity index is 1.51. The number of nitrogens with one attached hydrogen (secondary N) is 2. The summed E-state index contributed by atoms with van der Waals surface area (Å²) in [7, 11) is 1.63. The highest BCUT2D eigenvalue weighted by atomic mass is 35.5. The third kappa shape index (κ3) is 5.14. The average Bonchev–Trinajstić information content (AvgIpc) is 3.35. The fourth-order valence-electron chi connectivity index (χ4n) is 3.40. The first kappa shape index (κ1) is 21.5. The normalized spacial score (nSPS) is 11.7. The third-order valence-corrected chi connectivity index (χ3v) is 5.18. The van der Waals surface area contributed by atoms with Crippen LogP contribution in [0.1, 0.15) is 17.2 Å². The summed E-state index contributed by atoms with van der Waals surface area (Å²) in [5, 5.41) is 10.9. The van der Waals surface area contributed by atoms with Crippen molar-refractivity contribution in [2.24, 2.45) is 0 Å². The molecule has 0 saturated carbocycles. The molecule has 8 heteroatoms. The van der Waals surface area contributed by atoms with Crippen LogP contribution in [-0.2, 0) is 4.79 Å². The Labute approximate surface area is 191 Å². The Hall–Kier alpha value is -3.68. The smallest absolute Gasteiger partial charge is 0.238 e. The zero-order chi connectivity index (χ0) is 22.3. The Morgan fingerprint density at radius 2 is 1.81 bits per heavy atom. The van der Waals surface area contributed by atoms with Crippen LogP contribution in [0.2, 0.25) is 5.02 Å². The molecule has 0 saturated heterocycles. The molecule has 4 rings (SSSR count). The predicted molar refractivity (Wildman–Crippen MR) is 124 cm³/mol. The van der Waals surface area contributed by atoms with Gasteiger partial charge in [-0.1, -0.05) is 54.1 Å². The van der Waals surface area contributed by atoms with Gasteiger partial charge in [0.25, 0.3) is 0 Å². The highest BCUT2D eigenvalue weighted by Gasteiger charge is 2.16. The first-order chi connectivity index (χ1) is 15.6. The van der Waals surface area contributed by atoms with Gasteiger partial charge in [-0.3, -0.25) is 10.1 Å². The highest BCUT2D eigenvalue weighted by molar-refractivity contribution is 6.31. The molecule has 1 atom stereocenters. The maximum atomic E-state index is 12.8. The molecule has 1 amide bonds. The van der Waals surface area contributed by atoms with Crippen molar-refractivity contribution in [3.63, 3.8) is 0 Å². The molecular formula is C24H22ClN5O2. The van der Waals surface area contributed by atoms with E-state index < -0.39 is 0 Å². The van der Waals surface area contributed by atoms with Crippen LogP contribution in [0.4, 0.5) is 5.69 Å². The second-order valence-corrected chi connectivity index (χ2v) is 7.48. The molecular weight excluding hydrogens is 426 g/mol. The van der Waals surface area contributed by atoms with Crippen molar-refractivity contribution < 1.29 is 9.53 Å². The van der Waals surface area contributed by atoms with Crippen LogP contribution in [0.5, 0.6) is 5.75 Å². The van der Waals surface area contributed by atoms with Gasteiger partial charge in [0.1, 0.15) is 18.4 Å². The number of rotatable bonds is 8. The average molecular weight is 448 g/mol. The first-order valence-electron chi connectivity index (χ1n) is 10.0. The van der Waals surface area contributed by atoms with E-state index in [2.05, 4.69) is 20.7 Å². The molecule has 0 radical (unpaired) electrons. The number of benzene rings is 3. The van der Waals surface area contributed by atoms with E-state index in [1.807, 2.05) is 54.6 Å². The second-order valence-electron chi connectivity index (χ2n) is 7.05. The van der Waals surface area contributed by atoms with Crippen LogP contribution in [0, 0.1) is 0 Å². The Bertz CT molecular complexity index is 1160. The van der Waals surface area contributed by atoms with E-state index in [0.717, 1.165) is 16.9 Å². The van der Waals surface area contributed by atoms with Crippen LogP contribution in [-0.4, -0.2) is 34.3 Å². The number of hydrogen-bond acceptors (Lipinski definition) is 5. The van der Waals surface area contributed by atoms with Crippen LogP contribution >= 0.6 is 11.6 Å². The standard InChI is InChI=1S/C24H22ClN5O2/c1-32-20-10-7-18(8-11-20)24(17-5-3-2-4-6-17)27-14-23(31)29-21-13-19(25)9-12-22(21)30-16-26-15-28-30/h2-13,15-16,24,27H,14H2,1H3,(H,29,31)/t24-/m1/s1. The molecule has 7 nitrogen and oxygen atoms in total. The van der Waals surface area contributed by atoms with Crippen LogP contribution in [0.15, 0.2) is 85.5 Å². The molecule has 0 unspecified atom stereocenters. The van der Waals surface area contributed by atoms with Crippen molar-refractivity contribution in [3.05, 3.63) is 102 Å². The van der Waals surface area contributed by atoms with Crippen molar-refractivity contribution in [2.45, 2.75) is 6.04 Å². The molecule has 0 aliphatic rings. The zero-order valence-corrected chi connectivity index (χ0v) is 18.2. The minimum atomic E-state index is -0.205. The van der Waals surface area contributed by atoms with Gasteiger partial charge in [0.2, 0.25) is 5.91 Å². The van der Waals surface area contributed by atoms with E-state index in [1.165, 1.54) is 6.33 Å². The molecule has 0 bridgehead atoms. The zero-order valence-electron chi connectivity index (χ0n) is 17.4. The van der Waals surface area contributed by atoms with E-state index in [9.17, 15) is 4.79 Å². The van der Waals surface area contributed by atoms with Crippen molar-refractivity contribution >= 4 is 23.2 Å². The summed E-state index contributed by atoms with van der Waals surface area (Å²) < 4.78 is 6.84. The fraction of sp³-hybridized carbons (Fsp3) is 0.125. The lowest BCUT2D eigenvalue weighted by molar-refractivity contribution is -0.115. The number of anilines is 1. The predicted octanol–water partition coefficient (Wildman–Crippen LogP) is 4.25. The van der Waals surface area contributed by atoms with Crippen LogP contribution in [0.3, 0.4) is 0 Å².